The van der Waals surface area contributed by atoms with Crippen LogP contribution in [-0.4, -0.2) is 23.9 Å². The van der Waals surface area contributed by atoms with E-state index in [1.165, 1.54) is 5.57 Å². The topological polar surface area (TPSA) is 44.1 Å². The number of rotatable bonds is 3. The van der Waals surface area contributed by atoms with Crippen LogP contribution < -0.4 is 0 Å². The number of amides is 1. The molecule has 0 saturated heterocycles. The average molecular weight is 248 g/mol. The third-order valence-corrected chi connectivity index (χ3v) is 3.52. The third-order valence-electron chi connectivity index (χ3n) is 3.52. The van der Waals surface area contributed by atoms with Gasteiger partial charge in [0.1, 0.15) is 5.92 Å². The van der Waals surface area contributed by atoms with Crippen LogP contribution in [0.1, 0.15) is 47.0 Å². The quantitative estimate of drug-likeness (QED) is 0.720. The zero-order valence-corrected chi connectivity index (χ0v) is 12.0. The highest BCUT2D eigenvalue weighted by Gasteiger charge is 2.27. The fourth-order valence-electron chi connectivity index (χ4n) is 2.30. The lowest BCUT2D eigenvalue weighted by Gasteiger charge is -2.33. The summed E-state index contributed by atoms with van der Waals surface area (Å²) in [6.45, 7) is 10.0. The summed E-state index contributed by atoms with van der Waals surface area (Å²) in [6, 6.07) is 2.13. The maximum Gasteiger partial charge on any atom is 0.240 e. The summed E-state index contributed by atoms with van der Waals surface area (Å²) in [5.74, 6) is -0.455. The maximum absolute atomic E-state index is 12.1. The molecule has 0 radical (unpaired) electrons. The van der Waals surface area contributed by atoms with E-state index in [2.05, 4.69) is 32.9 Å². The Morgan fingerprint density at radius 2 is 2.22 bits per heavy atom. The molecular formula is C15H24N2O. The number of hydrogen-bond acceptors (Lipinski definition) is 2. The molecule has 1 rings (SSSR count). The molecule has 3 nitrogen and oxygen atoms in total. The molecule has 1 heterocycles. The van der Waals surface area contributed by atoms with Crippen molar-refractivity contribution in [3.8, 4) is 6.07 Å². The van der Waals surface area contributed by atoms with Crippen molar-refractivity contribution >= 4 is 5.91 Å². The van der Waals surface area contributed by atoms with Gasteiger partial charge in [0.05, 0.1) is 6.07 Å². The van der Waals surface area contributed by atoms with Gasteiger partial charge in [-0.05, 0) is 18.3 Å². The highest BCUT2D eigenvalue weighted by Crippen LogP contribution is 2.30. The van der Waals surface area contributed by atoms with Crippen molar-refractivity contribution in [3.05, 3.63) is 11.6 Å². The molecule has 0 aliphatic carbocycles. The van der Waals surface area contributed by atoms with Crippen LogP contribution in [-0.2, 0) is 4.79 Å². The van der Waals surface area contributed by atoms with Crippen molar-refractivity contribution in [1.82, 2.24) is 4.90 Å². The second-order valence-corrected chi connectivity index (χ2v) is 5.98. The number of carbonyl (C=O) groups excluding carboxylic acids is 1. The van der Waals surface area contributed by atoms with E-state index >= 15 is 0 Å². The monoisotopic (exact) mass is 248 g/mol. The Balaban J connectivity index is 2.65. The third kappa shape index (κ3) is 3.60. The lowest BCUT2D eigenvalue weighted by atomic mass is 9.83. The minimum Gasteiger partial charge on any atom is -0.338 e. The van der Waals surface area contributed by atoms with Crippen molar-refractivity contribution in [1.29, 1.82) is 5.26 Å². The molecule has 1 amide bonds. The lowest BCUT2D eigenvalue weighted by Crippen LogP contribution is -2.39. The Morgan fingerprint density at radius 1 is 1.56 bits per heavy atom. The predicted molar refractivity (Wildman–Crippen MR) is 72.7 cm³/mol. The standard InChI is InChI=1S/C15H24N2O/c1-5-6-12(11-16)14(18)17-9-7-13(8-10-17)15(2,3)4/h7,12H,5-6,8-10H2,1-4H3. The van der Waals surface area contributed by atoms with Crippen molar-refractivity contribution in [2.75, 3.05) is 13.1 Å². The van der Waals surface area contributed by atoms with E-state index in [9.17, 15) is 4.79 Å². The zero-order valence-electron chi connectivity index (χ0n) is 12.0. The molecule has 0 saturated carbocycles. The first-order valence-electron chi connectivity index (χ1n) is 6.78. The van der Waals surface area contributed by atoms with Crippen molar-refractivity contribution in [3.63, 3.8) is 0 Å². The Hall–Kier alpha value is -1.30. The molecule has 0 aromatic heterocycles. The summed E-state index contributed by atoms with van der Waals surface area (Å²) in [5, 5.41) is 9.03. The fourth-order valence-corrected chi connectivity index (χ4v) is 2.30. The van der Waals surface area contributed by atoms with E-state index < -0.39 is 5.92 Å². The zero-order chi connectivity index (χ0) is 13.8. The molecule has 0 bridgehead atoms. The minimum atomic E-state index is -0.459. The number of carbonyl (C=O) groups is 1. The summed E-state index contributed by atoms with van der Waals surface area (Å²) < 4.78 is 0. The second-order valence-electron chi connectivity index (χ2n) is 5.98. The van der Waals surface area contributed by atoms with Gasteiger partial charge in [-0.25, -0.2) is 0 Å². The van der Waals surface area contributed by atoms with Gasteiger partial charge in [-0.3, -0.25) is 4.79 Å². The molecule has 1 aliphatic heterocycles. The Morgan fingerprint density at radius 3 is 2.61 bits per heavy atom. The van der Waals surface area contributed by atoms with Crippen molar-refractivity contribution < 1.29 is 4.79 Å². The summed E-state index contributed by atoms with van der Waals surface area (Å²) in [5.41, 5.74) is 1.60. The van der Waals surface area contributed by atoms with Crippen molar-refractivity contribution in [2.45, 2.75) is 47.0 Å². The Kier molecular flexibility index (Phi) is 4.95. The molecule has 0 N–H and O–H groups in total. The summed E-state index contributed by atoms with van der Waals surface area (Å²) in [6.07, 6.45) is 4.63. The van der Waals surface area contributed by atoms with Crippen LogP contribution >= 0.6 is 0 Å². The number of nitrogens with zero attached hydrogens (tertiary/aromatic N) is 2. The minimum absolute atomic E-state index is 0.00330. The molecule has 1 atom stereocenters. The molecular weight excluding hydrogens is 224 g/mol. The van der Waals surface area contributed by atoms with Gasteiger partial charge in [-0.15, -0.1) is 0 Å². The fraction of sp³-hybridized carbons (Fsp3) is 0.733. The van der Waals surface area contributed by atoms with Crippen LogP contribution in [0, 0.1) is 22.7 Å². The molecule has 100 valence electrons. The van der Waals surface area contributed by atoms with Crippen LogP contribution in [0.15, 0.2) is 11.6 Å². The molecule has 0 aromatic rings. The van der Waals surface area contributed by atoms with Gasteiger partial charge in [0.2, 0.25) is 5.91 Å². The first-order chi connectivity index (χ1) is 8.40. The maximum atomic E-state index is 12.1. The van der Waals surface area contributed by atoms with E-state index in [1.54, 1.807) is 0 Å². The van der Waals surface area contributed by atoms with E-state index in [-0.39, 0.29) is 11.3 Å². The Labute approximate surface area is 110 Å². The first kappa shape index (κ1) is 14.8. The first-order valence-corrected chi connectivity index (χ1v) is 6.78. The van der Waals surface area contributed by atoms with Gasteiger partial charge < -0.3 is 4.90 Å². The summed E-state index contributed by atoms with van der Waals surface area (Å²) in [4.78, 5) is 14.0. The van der Waals surface area contributed by atoms with E-state index in [1.807, 2.05) is 11.8 Å². The molecule has 3 heteroatoms. The van der Waals surface area contributed by atoms with E-state index in [0.29, 0.717) is 13.0 Å². The number of nitriles is 1. The highest BCUT2D eigenvalue weighted by atomic mass is 16.2. The Bertz CT molecular complexity index is 371. The summed E-state index contributed by atoms with van der Waals surface area (Å²) in [7, 11) is 0. The SMILES string of the molecule is CCCC(C#N)C(=O)N1CC=C(C(C)(C)C)CC1. The van der Waals surface area contributed by atoms with Crippen LogP contribution in [0.5, 0.6) is 0 Å². The summed E-state index contributed by atoms with van der Waals surface area (Å²) >= 11 is 0. The second kappa shape index (κ2) is 6.04. The normalized spacial score (nSPS) is 17.9. The van der Waals surface area contributed by atoms with Crippen LogP contribution in [0.3, 0.4) is 0 Å². The van der Waals surface area contributed by atoms with Gasteiger partial charge in [-0.2, -0.15) is 5.26 Å². The molecule has 0 spiro atoms. The van der Waals surface area contributed by atoms with Crippen LogP contribution in [0.2, 0.25) is 0 Å². The predicted octanol–water partition coefficient (Wildman–Crippen LogP) is 3.13. The van der Waals surface area contributed by atoms with Crippen molar-refractivity contribution in [2.24, 2.45) is 11.3 Å². The van der Waals surface area contributed by atoms with E-state index in [0.717, 1.165) is 19.4 Å². The largest absolute Gasteiger partial charge is 0.338 e. The van der Waals surface area contributed by atoms with Crippen LogP contribution in [0.4, 0.5) is 0 Å². The van der Waals surface area contributed by atoms with Gasteiger partial charge in [0.25, 0.3) is 0 Å². The molecule has 1 aliphatic rings. The number of hydrogen-bond donors (Lipinski definition) is 0. The van der Waals surface area contributed by atoms with Gasteiger partial charge in [-0.1, -0.05) is 45.8 Å². The van der Waals surface area contributed by atoms with Crippen LogP contribution in [0.25, 0.3) is 0 Å². The molecule has 0 fully saturated rings. The van der Waals surface area contributed by atoms with Gasteiger partial charge in [0.15, 0.2) is 0 Å². The van der Waals surface area contributed by atoms with Gasteiger partial charge >= 0.3 is 0 Å². The smallest absolute Gasteiger partial charge is 0.240 e. The average Bonchev–Trinajstić information content (AvgIpc) is 2.34. The van der Waals surface area contributed by atoms with E-state index in [4.69, 9.17) is 5.26 Å². The van der Waals surface area contributed by atoms with Gasteiger partial charge in [0, 0.05) is 13.1 Å². The molecule has 0 aromatic carbocycles. The highest BCUT2D eigenvalue weighted by molar-refractivity contribution is 5.81. The molecule has 18 heavy (non-hydrogen) atoms. The molecule has 1 unspecified atom stereocenters. The lowest BCUT2D eigenvalue weighted by molar-refractivity contribution is -0.133.